The van der Waals surface area contributed by atoms with Gasteiger partial charge in [0.2, 0.25) is 0 Å². The predicted octanol–water partition coefficient (Wildman–Crippen LogP) is 2.48. The molecule has 0 amide bonds. The number of rotatable bonds is 2. The molecule has 0 aromatic carbocycles. The second-order valence-corrected chi connectivity index (χ2v) is 3.36. The van der Waals surface area contributed by atoms with Gasteiger partial charge in [-0.25, -0.2) is 0 Å². The minimum atomic E-state index is 0.684. The van der Waals surface area contributed by atoms with Crippen LogP contribution in [0.4, 0.5) is 0 Å². The number of allylic oxidation sites excluding steroid dienone is 1. The Morgan fingerprint density at radius 2 is 2.36 bits per heavy atom. The predicted molar refractivity (Wildman–Crippen MR) is 49.7 cm³/mol. The summed E-state index contributed by atoms with van der Waals surface area (Å²) in [7, 11) is 0. The molecule has 1 aliphatic heterocycles. The van der Waals surface area contributed by atoms with Crippen LogP contribution in [0.1, 0.15) is 39.5 Å². The van der Waals surface area contributed by atoms with Crippen molar-refractivity contribution in [3.05, 3.63) is 11.6 Å². The molecule has 1 nitrogen and oxygen atoms in total. The normalized spacial score (nSPS) is 27.1. The van der Waals surface area contributed by atoms with Crippen LogP contribution in [-0.2, 0) is 0 Å². The zero-order chi connectivity index (χ0) is 8.10. The van der Waals surface area contributed by atoms with Gasteiger partial charge in [-0.1, -0.05) is 25.0 Å². The number of piperidine rings is 1. The van der Waals surface area contributed by atoms with Crippen molar-refractivity contribution in [1.82, 2.24) is 5.32 Å². The van der Waals surface area contributed by atoms with Crippen LogP contribution < -0.4 is 5.32 Å². The van der Waals surface area contributed by atoms with E-state index in [1.165, 1.54) is 37.8 Å². The Labute approximate surface area is 69.9 Å². The Balaban J connectivity index is 2.38. The molecule has 0 aliphatic carbocycles. The fraction of sp³-hybridized carbons (Fsp3) is 0.800. The van der Waals surface area contributed by atoms with Crippen molar-refractivity contribution < 1.29 is 0 Å². The summed E-state index contributed by atoms with van der Waals surface area (Å²) in [4.78, 5) is 0. The lowest BCUT2D eigenvalue weighted by molar-refractivity contribution is 0.439. The molecule has 1 saturated heterocycles. The van der Waals surface area contributed by atoms with Crippen molar-refractivity contribution in [1.29, 1.82) is 0 Å². The molecule has 0 spiro atoms. The Morgan fingerprint density at radius 3 is 2.91 bits per heavy atom. The fourth-order valence-corrected chi connectivity index (χ4v) is 1.70. The molecule has 0 saturated carbocycles. The van der Waals surface area contributed by atoms with Crippen LogP contribution in [0.25, 0.3) is 0 Å². The Morgan fingerprint density at radius 1 is 1.55 bits per heavy atom. The highest BCUT2D eigenvalue weighted by Crippen LogP contribution is 2.14. The molecule has 1 N–H and O–H groups in total. The molecule has 1 aliphatic rings. The van der Waals surface area contributed by atoms with Gasteiger partial charge in [0.1, 0.15) is 0 Å². The van der Waals surface area contributed by atoms with Gasteiger partial charge in [-0.3, -0.25) is 0 Å². The van der Waals surface area contributed by atoms with Crippen molar-refractivity contribution in [2.75, 3.05) is 6.54 Å². The Kier molecular flexibility index (Phi) is 3.64. The number of nitrogens with one attached hydrogen (secondary N) is 1. The van der Waals surface area contributed by atoms with E-state index in [1.807, 2.05) is 0 Å². The SMILES string of the molecule is CCC=C(C)C1CCCCN1. The third-order valence-corrected chi connectivity index (χ3v) is 2.39. The average Bonchev–Trinajstić information content (AvgIpc) is 2.07. The van der Waals surface area contributed by atoms with E-state index in [4.69, 9.17) is 0 Å². The maximum Gasteiger partial charge on any atom is 0.0276 e. The molecular formula is C10H19N. The summed E-state index contributed by atoms with van der Waals surface area (Å²) in [6, 6.07) is 0.684. The largest absolute Gasteiger partial charge is 0.310 e. The molecule has 11 heavy (non-hydrogen) atoms. The Bertz CT molecular complexity index is 132. The maximum absolute atomic E-state index is 3.54. The summed E-state index contributed by atoms with van der Waals surface area (Å²) in [6.45, 7) is 5.65. The van der Waals surface area contributed by atoms with E-state index in [1.54, 1.807) is 0 Å². The van der Waals surface area contributed by atoms with Crippen LogP contribution in [0.3, 0.4) is 0 Å². The van der Waals surface area contributed by atoms with Crippen molar-refractivity contribution in [3.63, 3.8) is 0 Å². The first-order valence-corrected chi connectivity index (χ1v) is 4.74. The van der Waals surface area contributed by atoms with E-state index in [9.17, 15) is 0 Å². The molecule has 64 valence electrons. The van der Waals surface area contributed by atoms with Gasteiger partial charge in [-0.15, -0.1) is 0 Å². The summed E-state index contributed by atoms with van der Waals surface area (Å²) >= 11 is 0. The molecular weight excluding hydrogens is 134 g/mol. The van der Waals surface area contributed by atoms with Gasteiger partial charge in [0.25, 0.3) is 0 Å². The molecule has 1 atom stereocenters. The highest BCUT2D eigenvalue weighted by atomic mass is 14.9. The molecule has 0 aromatic rings. The first-order chi connectivity index (χ1) is 5.34. The van der Waals surface area contributed by atoms with Gasteiger partial charge in [-0.05, 0) is 32.7 Å². The molecule has 1 heteroatoms. The molecule has 1 unspecified atom stereocenters. The lowest BCUT2D eigenvalue weighted by atomic mass is 9.98. The zero-order valence-electron chi connectivity index (χ0n) is 7.69. The van der Waals surface area contributed by atoms with E-state index < -0.39 is 0 Å². The fourth-order valence-electron chi connectivity index (χ4n) is 1.70. The van der Waals surface area contributed by atoms with Crippen LogP contribution in [0.15, 0.2) is 11.6 Å². The lowest BCUT2D eigenvalue weighted by Gasteiger charge is -2.24. The molecule has 1 rings (SSSR count). The van der Waals surface area contributed by atoms with Gasteiger partial charge < -0.3 is 5.32 Å². The third kappa shape index (κ3) is 2.66. The van der Waals surface area contributed by atoms with Crippen molar-refractivity contribution >= 4 is 0 Å². The highest BCUT2D eigenvalue weighted by Gasteiger charge is 2.12. The zero-order valence-corrected chi connectivity index (χ0v) is 7.69. The summed E-state index contributed by atoms with van der Waals surface area (Å²) in [5.74, 6) is 0. The minimum Gasteiger partial charge on any atom is -0.310 e. The van der Waals surface area contributed by atoms with Crippen molar-refractivity contribution in [3.8, 4) is 0 Å². The molecule has 1 heterocycles. The van der Waals surface area contributed by atoms with Gasteiger partial charge in [0, 0.05) is 6.04 Å². The van der Waals surface area contributed by atoms with Crippen LogP contribution in [0.2, 0.25) is 0 Å². The van der Waals surface area contributed by atoms with Crippen LogP contribution in [-0.4, -0.2) is 12.6 Å². The summed E-state index contributed by atoms with van der Waals surface area (Å²) in [6.07, 6.45) is 7.60. The first-order valence-electron chi connectivity index (χ1n) is 4.74. The van der Waals surface area contributed by atoms with E-state index in [2.05, 4.69) is 25.2 Å². The van der Waals surface area contributed by atoms with Gasteiger partial charge in [0.05, 0.1) is 0 Å². The van der Waals surface area contributed by atoms with Crippen LogP contribution in [0, 0.1) is 0 Å². The topological polar surface area (TPSA) is 12.0 Å². The van der Waals surface area contributed by atoms with Gasteiger partial charge >= 0.3 is 0 Å². The number of hydrogen-bond acceptors (Lipinski definition) is 1. The van der Waals surface area contributed by atoms with E-state index >= 15 is 0 Å². The molecule has 0 bridgehead atoms. The van der Waals surface area contributed by atoms with Crippen LogP contribution in [0.5, 0.6) is 0 Å². The van der Waals surface area contributed by atoms with E-state index in [0.29, 0.717) is 6.04 Å². The third-order valence-electron chi connectivity index (χ3n) is 2.39. The second-order valence-electron chi connectivity index (χ2n) is 3.36. The minimum absolute atomic E-state index is 0.684. The Hall–Kier alpha value is -0.300. The quantitative estimate of drug-likeness (QED) is 0.601. The molecule has 0 aromatic heterocycles. The van der Waals surface area contributed by atoms with E-state index in [-0.39, 0.29) is 0 Å². The standard InChI is InChI=1S/C10H19N/c1-3-6-9(2)10-7-4-5-8-11-10/h6,10-11H,3-5,7-8H2,1-2H3. The summed E-state index contributed by atoms with van der Waals surface area (Å²) < 4.78 is 0. The number of hydrogen-bond donors (Lipinski definition) is 1. The second kappa shape index (κ2) is 4.55. The molecule has 0 radical (unpaired) electrons. The van der Waals surface area contributed by atoms with Crippen LogP contribution >= 0.6 is 0 Å². The van der Waals surface area contributed by atoms with E-state index in [0.717, 1.165) is 0 Å². The van der Waals surface area contributed by atoms with Crippen molar-refractivity contribution in [2.45, 2.75) is 45.6 Å². The lowest BCUT2D eigenvalue weighted by Crippen LogP contribution is -2.34. The van der Waals surface area contributed by atoms with Crippen molar-refractivity contribution in [2.24, 2.45) is 0 Å². The monoisotopic (exact) mass is 153 g/mol. The highest BCUT2D eigenvalue weighted by molar-refractivity contribution is 5.08. The van der Waals surface area contributed by atoms with Gasteiger partial charge in [-0.2, -0.15) is 0 Å². The average molecular weight is 153 g/mol. The smallest absolute Gasteiger partial charge is 0.0276 e. The first kappa shape index (κ1) is 8.79. The summed E-state index contributed by atoms with van der Waals surface area (Å²) in [5, 5.41) is 3.54. The molecule has 1 fully saturated rings. The summed E-state index contributed by atoms with van der Waals surface area (Å²) in [5.41, 5.74) is 1.53. The maximum atomic E-state index is 3.54. The van der Waals surface area contributed by atoms with Gasteiger partial charge in [0.15, 0.2) is 0 Å².